The Bertz CT molecular complexity index is 570. The van der Waals surface area contributed by atoms with Crippen LogP contribution in [0.2, 0.25) is 5.02 Å². The lowest BCUT2D eigenvalue weighted by Gasteiger charge is -2.32. The number of benzene rings is 1. The smallest absolute Gasteiger partial charge is 0.0728 e. The largest absolute Gasteiger partial charge is 0.380 e. The Hall–Kier alpha value is -1.52. The molecule has 0 amide bonds. The van der Waals surface area contributed by atoms with Crippen molar-refractivity contribution in [3.8, 4) is 0 Å². The van der Waals surface area contributed by atoms with Gasteiger partial charge in [-0.15, -0.1) is 0 Å². The molecule has 0 atom stereocenters. The van der Waals surface area contributed by atoms with E-state index in [-0.39, 0.29) is 0 Å². The molecule has 0 radical (unpaired) electrons. The monoisotopic (exact) mass is 304 g/mol. The average Bonchev–Trinajstić information content (AvgIpc) is 2.89. The third-order valence-electron chi connectivity index (χ3n) is 3.98. The molecule has 112 valence electrons. The molecule has 0 saturated carbocycles. The van der Waals surface area contributed by atoms with Crippen molar-refractivity contribution >= 4 is 17.3 Å². The van der Waals surface area contributed by atoms with E-state index in [9.17, 15) is 0 Å². The van der Waals surface area contributed by atoms with Gasteiger partial charge < -0.3 is 5.32 Å². The number of nitrogens with zero attached hydrogens (tertiary/aromatic N) is 3. The molecule has 4 nitrogen and oxygen atoms in total. The maximum absolute atomic E-state index is 5.92. The van der Waals surface area contributed by atoms with Crippen LogP contribution in [0.3, 0.4) is 0 Å². The number of nitrogens with one attached hydrogen (secondary N) is 1. The van der Waals surface area contributed by atoms with Crippen LogP contribution in [0, 0.1) is 0 Å². The van der Waals surface area contributed by atoms with E-state index in [4.69, 9.17) is 11.6 Å². The molecule has 0 unspecified atom stereocenters. The van der Waals surface area contributed by atoms with E-state index in [1.54, 1.807) is 0 Å². The first-order valence-electron chi connectivity index (χ1n) is 7.41. The minimum Gasteiger partial charge on any atom is -0.380 e. The van der Waals surface area contributed by atoms with Crippen LogP contribution in [-0.4, -0.2) is 33.8 Å². The van der Waals surface area contributed by atoms with Gasteiger partial charge in [0.15, 0.2) is 0 Å². The van der Waals surface area contributed by atoms with Crippen molar-refractivity contribution in [3.63, 3.8) is 0 Å². The van der Waals surface area contributed by atoms with Crippen molar-refractivity contribution < 1.29 is 0 Å². The minimum atomic E-state index is 0.552. The van der Waals surface area contributed by atoms with Crippen molar-refractivity contribution in [1.82, 2.24) is 14.7 Å². The predicted molar refractivity (Wildman–Crippen MR) is 86.6 cm³/mol. The minimum absolute atomic E-state index is 0.552. The molecule has 1 N–H and O–H groups in total. The molecule has 3 rings (SSSR count). The SMILES string of the molecule is Cn1cc(NC2CCN(Cc3ccc(Cl)cc3)CC2)cn1. The molecule has 2 aromatic rings. The molecule has 1 aliphatic heterocycles. The highest BCUT2D eigenvalue weighted by molar-refractivity contribution is 6.30. The van der Waals surface area contributed by atoms with Crippen LogP contribution in [0.1, 0.15) is 18.4 Å². The van der Waals surface area contributed by atoms with E-state index in [0.29, 0.717) is 6.04 Å². The summed E-state index contributed by atoms with van der Waals surface area (Å²) in [5, 5.41) is 8.56. The Morgan fingerprint density at radius 2 is 1.95 bits per heavy atom. The summed E-state index contributed by atoms with van der Waals surface area (Å²) < 4.78 is 1.83. The van der Waals surface area contributed by atoms with E-state index in [1.165, 1.54) is 18.4 Å². The van der Waals surface area contributed by atoms with Gasteiger partial charge in [-0.3, -0.25) is 9.58 Å². The molecule has 0 spiro atoms. The molecule has 1 fully saturated rings. The van der Waals surface area contributed by atoms with Gasteiger partial charge >= 0.3 is 0 Å². The number of rotatable bonds is 4. The number of hydrogen-bond acceptors (Lipinski definition) is 3. The highest BCUT2D eigenvalue weighted by Crippen LogP contribution is 2.18. The zero-order valence-corrected chi connectivity index (χ0v) is 13.1. The van der Waals surface area contributed by atoms with Crippen LogP contribution >= 0.6 is 11.6 Å². The quantitative estimate of drug-likeness (QED) is 0.942. The topological polar surface area (TPSA) is 33.1 Å². The lowest BCUT2D eigenvalue weighted by molar-refractivity contribution is 0.211. The van der Waals surface area contributed by atoms with Crippen molar-refractivity contribution in [2.75, 3.05) is 18.4 Å². The molecule has 0 aliphatic carbocycles. The van der Waals surface area contributed by atoms with Gasteiger partial charge in [0.25, 0.3) is 0 Å². The molecule has 0 bridgehead atoms. The first-order valence-corrected chi connectivity index (χ1v) is 7.79. The van der Waals surface area contributed by atoms with E-state index in [0.717, 1.165) is 30.3 Å². The molecule has 2 heterocycles. The summed E-state index contributed by atoms with van der Waals surface area (Å²) in [6, 6.07) is 8.71. The number of hydrogen-bond donors (Lipinski definition) is 1. The van der Waals surface area contributed by atoms with E-state index in [2.05, 4.69) is 27.4 Å². The number of likely N-dealkylation sites (tertiary alicyclic amines) is 1. The van der Waals surface area contributed by atoms with Crippen molar-refractivity contribution in [3.05, 3.63) is 47.2 Å². The molecule has 5 heteroatoms. The Balaban J connectivity index is 1.47. The van der Waals surface area contributed by atoms with Crippen molar-refractivity contribution in [2.24, 2.45) is 7.05 Å². The van der Waals surface area contributed by atoms with Crippen molar-refractivity contribution in [1.29, 1.82) is 0 Å². The van der Waals surface area contributed by atoms with Gasteiger partial charge in [-0.25, -0.2) is 0 Å². The highest BCUT2D eigenvalue weighted by atomic mass is 35.5. The molecule has 1 saturated heterocycles. The molecule has 1 aromatic heterocycles. The number of aromatic nitrogens is 2. The van der Waals surface area contributed by atoms with Gasteiger partial charge in [0.1, 0.15) is 0 Å². The Morgan fingerprint density at radius 1 is 1.24 bits per heavy atom. The fourth-order valence-electron chi connectivity index (χ4n) is 2.81. The van der Waals surface area contributed by atoms with E-state index >= 15 is 0 Å². The Morgan fingerprint density at radius 3 is 2.57 bits per heavy atom. The highest BCUT2D eigenvalue weighted by Gasteiger charge is 2.19. The summed E-state index contributed by atoms with van der Waals surface area (Å²) in [6.45, 7) is 3.26. The fourth-order valence-corrected chi connectivity index (χ4v) is 2.94. The molecular formula is C16H21ClN4. The average molecular weight is 305 g/mol. The van der Waals surface area contributed by atoms with Gasteiger partial charge in [-0.2, -0.15) is 5.10 Å². The second-order valence-corrected chi connectivity index (χ2v) is 6.16. The second-order valence-electron chi connectivity index (χ2n) is 5.72. The van der Waals surface area contributed by atoms with Gasteiger partial charge in [-0.1, -0.05) is 23.7 Å². The number of halogens is 1. The summed E-state index contributed by atoms with van der Waals surface area (Å²) >= 11 is 5.92. The van der Waals surface area contributed by atoms with Crippen LogP contribution in [-0.2, 0) is 13.6 Å². The van der Waals surface area contributed by atoms with Gasteiger partial charge in [0.2, 0.25) is 0 Å². The van der Waals surface area contributed by atoms with Gasteiger partial charge in [-0.05, 0) is 30.5 Å². The Kier molecular flexibility index (Phi) is 4.46. The summed E-state index contributed by atoms with van der Waals surface area (Å²) in [5.41, 5.74) is 2.45. The first-order chi connectivity index (χ1) is 10.2. The summed E-state index contributed by atoms with van der Waals surface area (Å²) in [4.78, 5) is 2.50. The zero-order chi connectivity index (χ0) is 14.7. The molecule has 1 aliphatic rings. The first kappa shape index (κ1) is 14.4. The molecular weight excluding hydrogens is 284 g/mol. The number of aryl methyl sites for hydroxylation is 1. The van der Waals surface area contributed by atoms with E-state index in [1.807, 2.05) is 36.3 Å². The van der Waals surface area contributed by atoms with Crippen LogP contribution in [0.4, 0.5) is 5.69 Å². The zero-order valence-electron chi connectivity index (χ0n) is 12.3. The standard InChI is InChI=1S/C16H21ClN4/c1-20-12-16(10-18-20)19-15-6-8-21(9-7-15)11-13-2-4-14(17)5-3-13/h2-5,10,12,15,19H,6-9,11H2,1H3. The van der Waals surface area contributed by atoms with E-state index < -0.39 is 0 Å². The molecule has 1 aromatic carbocycles. The maximum atomic E-state index is 5.92. The third-order valence-corrected chi connectivity index (χ3v) is 4.23. The lowest BCUT2D eigenvalue weighted by atomic mass is 10.0. The summed E-state index contributed by atoms with van der Waals surface area (Å²) in [5.74, 6) is 0. The molecule has 21 heavy (non-hydrogen) atoms. The summed E-state index contributed by atoms with van der Waals surface area (Å²) in [6.07, 6.45) is 6.26. The fraction of sp³-hybridized carbons (Fsp3) is 0.438. The van der Waals surface area contributed by atoms with Crippen molar-refractivity contribution in [2.45, 2.75) is 25.4 Å². The van der Waals surface area contributed by atoms with Crippen LogP contribution in [0.5, 0.6) is 0 Å². The van der Waals surface area contributed by atoms with Gasteiger partial charge in [0, 0.05) is 43.9 Å². The van der Waals surface area contributed by atoms with Gasteiger partial charge in [0.05, 0.1) is 11.9 Å². The maximum Gasteiger partial charge on any atom is 0.0728 e. The van der Waals surface area contributed by atoms with Crippen LogP contribution < -0.4 is 5.32 Å². The lowest BCUT2D eigenvalue weighted by Crippen LogP contribution is -2.38. The number of piperidine rings is 1. The predicted octanol–water partition coefficient (Wildman–Crippen LogP) is 3.15. The van der Waals surface area contributed by atoms with Crippen LogP contribution in [0.25, 0.3) is 0 Å². The normalized spacial score (nSPS) is 17.0. The number of anilines is 1. The van der Waals surface area contributed by atoms with Crippen LogP contribution in [0.15, 0.2) is 36.7 Å². The third kappa shape index (κ3) is 3.99. The second kappa shape index (κ2) is 6.50. The summed E-state index contributed by atoms with van der Waals surface area (Å²) in [7, 11) is 1.94. The Labute approximate surface area is 130 Å².